The number of rotatable bonds is 5. The molecule has 3 aromatic rings. The van der Waals surface area contributed by atoms with Crippen LogP contribution in [-0.4, -0.2) is 9.97 Å². The molecule has 1 aromatic carbocycles. The van der Waals surface area contributed by atoms with Crippen molar-refractivity contribution in [1.29, 1.82) is 0 Å². The third-order valence-electron chi connectivity index (χ3n) is 3.03. The van der Waals surface area contributed by atoms with E-state index in [0.29, 0.717) is 6.54 Å². The molecule has 2 heterocycles. The highest BCUT2D eigenvalue weighted by Gasteiger charge is 2.04. The molecule has 3 nitrogen and oxygen atoms in total. The van der Waals surface area contributed by atoms with E-state index < -0.39 is 0 Å². The van der Waals surface area contributed by atoms with Gasteiger partial charge in [-0.2, -0.15) is 0 Å². The predicted molar refractivity (Wildman–Crippen MR) is 82.3 cm³/mol. The van der Waals surface area contributed by atoms with E-state index in [1.807, 2.05) is 17.5 Å². The molecule has 21 heavy (non-hydrogen) atoms. The van der Waals surface area contributed by atoms with Crippen molar-refractivity contribution in [3.8, 4) is 10.6 Å². The van der Waals surface area contributed by atoms with E-state index >= 15 is 0 Å². The van der Waals surface area contributed by atoms with E-state index in [1.54, 1.807) is 35.9 Å². The van der Waals surface area contributed by atoms with E-state index in [2.05, 4.69) is 15.3 Å². The summed E-state index contributed by atoms with van der Waals surface area (Å²) >= 11 is 1.57. The first kappa shape index (κ1) is 13.9. The van der Waals surface area contributed by atoms with Crippen molar-refractivity contribution >= 4 is 11.3 Å². The van der Waals surface area contributed by atoms with Gasteiger partial charge in [-0.3, -0.25) is 4.98 Å². The number of hydrogen-bond acceptors (Lipinski definition) is 4. The molecule has 5 heteroatoms. The topological polar surface area (TPSA) is 37.8 Å². The zero-order valence-corrected chi connectivity index (χ0v) is 12.1. The maximum Gasteiger partial charge on any atom is 0.123 e. The molecule has 3 rings (SSSR count). The van der Waals surface area contributed by atoms with E-state index in [0.717, 1.165) is 22.8 Å². The second-order valence-electron chi connectivity index (χ2n) is 4.61. The largest absolute Gasteiger partial charge is 0.307 e. The SMILES string of the molecule is Fc1ccc(-c2nc(CNCc3ccncc3)cs2)cc1. The van der Waals surface area contributed by atoms with Crippen LogP contribution in [0.25, 0.3) is 10.6 Å². The Morgan fingerprint density at radius 2 is 1.76 bits per heavy atom. The maximum absolute atomic E-state index is 12.9. The lowest BCUT2D eigenvalue weighted by molar-refractivity contribution is 0.628. The number of thiazole rings is 1. The molecule has 0 bridgehead atoms. The normalized spacial score (nSPS) is 10.7. The molecule has 0 radical (unpaired) electrons. The van der Waals surface area contributed by atoms with Gasteiger partial charge >= 0.3 is 0 Å². The molecular weight excluding hydrogens is 285 g/mol. The lowest BCUT2D eigenvalue weighted by Gasteiger charge is -2.02. The van der Waals surface area contributed by atoms with Gasteiger partial charge < -0.3 is 5.32 Å². The lowest BCUT2D eigenvalue weighted by atomic mass is 10.2. The minimum absolute atomic E-state index is 0.227. The summed E-state index contributed by atoms with van der Waals surface area (Å²) in [5.41, 5.74) is 3.13. The summed E-state index contributed by atoms with van der Waals surface area (Å²) in [7, 11) is 0. The van der Waals surface area contributed by atoms with Gasteiger partial charge in [0.05, 0.1) is 5.69 Å². The summed E-state index contributed by atoms with van der Waals surface area (Å²) in [6.45, 7) is 1.49. The summed E-state index contributed by atoms with van der Waals surface area (Å²) in [5.74, 6) is -0.227. The van der Waals surface area contributed by atoms with Crippen molar-refractivity contribution in [2.45, 2.75) is 13.1 Å². The molecule has 0 aliphatic heterocycles. The molecule has 0 saturated carbocycles. The molecular formula is C16H14FN3S. The lowest BCUT2D eigenvalue weighted by Crippen LogP contribution is -2.12. The first-order chi connectivity index (χ1) is 10.3. The van der Waals surface area contributed by atoms with Crippen molar-refractivity contribution in [3.63, 3.8) is 0 Å². The van der Waals surface area contributed by atoms with E-state index in [9.17, 15) is 4.39 Å². The highest BCUT2D eigenvalue weighted by molar-refractivity contribution is 7.13. The maximum atomic E-state index is 12.9. The summed E-state index contributed by atoms with van der Waals surface area (Å²) in [6.07, 6.45) is 3.57. The third-order valence-corrected chi connectivity index (χ3v) is 3.97. The summed E-state index contributed by atoms with van der Waals surface area (Å²) in [4.78, 5) is 8.55. The molecule has 0 unspecified atom stereocenters. The van der Waals surface area contributed by atoms with Gasteiger partial charge in [0.15, 0.2) is 0 Å². The predicted octanol–water partition coefficient (Wildman–Crippen LogP) is 3.63. The van der Waals surface area contributed by atoms with E-state index in [1.165, 1.54) is 17.7 Å². The minimum Gasteiger partial charge on any atom is -0.307 e. The van der Waals surface area contributed by atoms with Gasteiger partial charge in [0.25, 0.3) is 0 Å². The van der Waals surface area contributed by atoms with Crippen LogP contribution in [0, 0.1) is 5.82 Å². The Labute approximate surface area is 126 Å². The van der Waals surface area contributed by atoms with Crippen molar-refractivity contribution in [1.82, 2.24) is 15.3 Å². The van der Waals surface area contributed by atoms with Crippen molar-refractivity contribution in [2.75, 3.05) is 0 Å². The fourth-order valence-corrected chi connectivity index (χ4v) is 2.77. The molecule has 0 atom stereocenters. The highest BCUT2D eigenvalue weighted by Crippen LogP contribution is 2.23. The van der Waals surface area contributed by atoms with Crippen LogP contribution in [0.3, 0.4) is 0 Å². The Morgan fingerprint density at radius 1 is 1.00 bits per heavy atom. The van der Waals surface area contributed by atoms with Crippen LogP contribution in [0.2, 0.25) is 0 Å². The fourth-order valence-electron chi connectivity index (χ4n) is 1.95. The quantitative estimate of drug-likeness (QED) is 0.781. The van der Waals surface area contributed by atoms with Crippen LogP contribution in [0.5, 0.6) is 0 Å². The first-order valence-corrected chi connectivity index (χ1v) is 7.49. The van der Waals surface area contributed by atoms with E-state index in [-0.39, 0.29) is 5.82 Å². The average molecular weight is 299 g/mol. The zero-order chi connectivity index (χ0) is 14.5. The minimum atomic E-state index is -0.227. The van der Waals surface area contributed by atoms with Gasteiger partial charge in [-0.05, 0) is 42.0 Å². The van der Waals surface area contributed by atoms with Crippen LogP contribution in [0.1, 0.15) is 11.3 Å². The number of hydrogen-bond donors (Lipinski definition) is 1. The van der Waals surface area contributed by atoms with Crippen molar-refractivity contribution in [2.24, 2.45) is 0 Å². The van der Waals surface area contributed by atoms with Gasteiger partial charge in [0.2, 0.25) is 0 Å². The van der Waals surface area contributed by atoms with Gasteiger partial charge in [-0.15, -0.1) is 11.3 Å². The van der Waals surface area contributed by atoms with Gasteiger partial charge in [0, 0.05) is 36.4 Å². The molecule has 1 N–H and O–H groups in total. The van der Waals surface area contributed by atoms with Crippen LogP contribution in [0.15, 0.2) is 54.2 Å². The zero-order valence-electron chi connectivity index (χ0n) is 11.3. The molecule has 106 valence electrons. The van der Waals surface area contributed by atoms with Crippen LogP contribution < -0.4 is 5.32 Å². The van der Waals surface area contributed by atoms with Crippen LogP contribution in [0.4, 0.5) is 4.39 Å². The Morgan fingerprint density at radius 3 is 2.52 bits per heavy atom. The number of aromatic nitrogens is 2. The summed E-state index contributed by atoms with van der Waals surface area (Å²) in [6, 6.07) is 10.4. The number of nitrogens with zero attached hydrogens (tertiary/aromatic N) is 2. The number of nitrogens with one attached hydrogen (secondary N) is 1. The summed E-state index contributed by atoms with van der Waals surface area (Å²) in [5, 5.41) is 6.29. The number of pyridine rings is 1. The Hall–Kier alpha value is -2.11. The van der Waals surface area contributed by atoms with Gasteiger partial charge in [0.1, 0.15) is 10.8 Å². The van der Waals surface area contributed by atoms with Crippen molar-refractivity contribution in [3.05, 3.63) is 71.2 Å². The molecule has 0 aliphatic carbocycles. The van der Waals surface area contributed by atoms with E-state index in [4.69, 9.17) is 0 Å². The van der Waals surface area contributed by atoms with Crippen LogP contribution >= 0.6 is 11.3 Å². The molecule has 0 amide bonds. The molecule has 0 fully saturated rings. The molecule has 2 aromatic heterocycles. The monoisotopic (exact) mass is 299 g/mol. The third kappa shape index (κ3) is 3.71. The standard InChI is InChI=1S/C16H14FN3S/c17-14-3-1-13(2-4-14)16-20-15(11-21-16)10-19-9-12-5-7-18-8-6-12/h1-8,11,19H,9-10H2. The average Bonchev–Trinajstić information content (AvgIpc) is 2.98. The Balaban J connectivity index is 1.59. The second kappa shape index (κ2) is 6.56. The molecule has 0 spiro atoms. The second-order valence-corrected chi connectivity index (χ2v) is 5.47. The Bertz CT molecular complexity index is 695. The molecule has 0 saturated heterocycles. The highest BCUT2D eigenvalue weighted by atomic mass is 32.1. The number of benzene rings is 1. The van der Waals surface area contributed by atoms with Crippen molar-refractivity contribution < 1.29 is 4.39 Å². The molecule has 0 aliphatic rings. The fraction of sp³-hybridized carbons (Fsp3) is 0.125. The first-order valence-electron chi connectivity index (χ1n) is 6.61. The van der Waals surface area contributed by atoms with Gasteiger partial charge in [-0.25, -0.2) is 9.37 Å². The van der Waals surface area contributed by atoms with Crippen LogP contribution in [-0.2, 0) is 13.1 Å². The smallest absolute Gasteiger partial charge is 0.123 e. The Kier molecular flexibility index (Phi) is 4.33. The van der Waals surface area contributed by atoms with Gasteiger partial charge in [-0.1, -0.05) is 0 Å². The number of halogens is 1. The summed E-state index contributed by atoms with van der Waals surface area (Å²) < 4.78 is 12.9.